The van der Waals surface area contributed by atoms with Crippen LogP contribution in [-0.4, -0.2) is 29.8 Å². The summed E-state index contributed by atoms with van der Waals surface area (Å²) >= 11 is 0. The lowest BCUT2D eigenvalue weighted by molar-refractivity contribution is -0.135. The molecule has 1 amide bonds. The van der Waals surface area contributed by atoms with E-state index >= 15 is 0 Å². The lowest BCUT2D eigenvalue weighted by Crippen LogP contribution is -2.30. The number of hydrogen-bond acceptors (Lipinski definition) is 5. The number of benzene rings is 1. The summed E-state index contributed by atoms with van der Waals surface area (Å²) < 4.78 is 5.18. The van der Waals surface area contributed by atoms with E-state index in [1.807, 2.05) is 0 Å². The maximum atomic E-state index is 11.9. The summed E-state index contributed by atoms with van der Waals surface area (Å²) in [6, 6.07) is 8.23. The topological polar surface area (TPSA) is 109 Å². The van der Waals surface area contributed by atoms with Gasteiger partial charge in [-0.05, 0) is 24.3 Å². The molecule has 1 aromatic heterocycles. The van der Waals surface area contributed by atoms with Crippen molar-refractivity contribution in [2.75, 3.05) is 11.9 Å². The van der Waals surface area contributed by atoms with E-state index in [0.29, 0.717) is 24.3 Å². The number of carboxylic acids is 1. The molecule has 0 aliphatic carbocycles. The van der Waals surface area contributed by atoms with Crippen LogP contribution in [-0.2, 0) is 11.3 Å². The third kappa shape index (κ3) is 3.72. The van der Waals surface area contributed by atoms with Crippen LogP contribution in [0.2, 0.25) is 0 Å². The smallest absolute Gasteiger partial charge is 0.322 e. The molecule has 0 bridgehead atoms. The fourth-order valence-corrected chi connectivity index (χ4v) is 1.89. The van der Waals surface area contributed by atoms with Gasteiger partial charge in [0.2, 0.25) is 0 Å². The van der Waals surface area contributed by atoms with Gasteiger partial charge in [0.1, 0.15) is 12.3 Å². The quantitative estimate of drug-likeness (QED) is 0.669. The maximum absolute atomic E-state index is 11.9. The lowest BCUT2D eigenvalue weighted by Gasteiger charge is -2.11. The van der Waals surface area contributed by atoms with Gasteiger partial charge in [-0.1, -0.05) is 6.07 Å². The summed E-state index contributed by atoms with van der Waals surface area (Å²) in [5.74, 6) is -1.10. The molecule has 22 heavy (non-hydrogen) atoms. The number of amides is 1. The Balaban J connectivity index is 2.17. The van der Waals surface area contributed by atoms with Crippen molar-refractivity contribution in [1.29, 1.82) is 0 Å². The molecule has 0 fully saturated rings. The van der Waals surface area contributed by atoms with Gasteiger partial charge in [-0.3, -0.25) is 14.4 Å². The summed E-state index contributed by atoms with van der Waals surface area (Å²) in [6.07, 6.45) is 2.09. The first-order valence-electron chi connectivity index (χ1n) is 6.46. The number of nitrogens with one attached hydrogen (secondary N) is 2. The van der Waals surface area contributed by atoms with E-state index in [0.717, 1.165) is 0 Å². The van der Waals surface area contributed by atoms with Gasteiger partial charge in [-0.15, -0.1) is 0 Å². The van der Waals surface area contributed by atoms with Gasteiger partial charge in [0, 0.05) is 5.69 Å². The molecule has 1 heterocycles. The van der Waals surface area contributed by atoms with Crippen LogP contribution in [0.5, 0.6) is 0 Å². The van der Waals surface area contributed by atoms with Crippen molar-refractivity contribution in [1.82, 2.24) is 5.32 Å². The van der Waals surface area contributed by atoms with Crippen molar-refractivity contribution in [2.45, 2.75) is 6.54 Å². The third-order valence-electron chi connectivity index (χ3n) is 2.90. The Hall–Kier alpha value is -3.09. The second-order valence-electron chi connectivity index (χ2n) is 4.39. The van der Waals surface area contributed by atoms with Crippen LogP contribution in [0.25, 0.3) is 0 Å². The highest BCUT2D eigenvalue weighted by Crippen LogP contribution is 2.19. The first kappa shape index (κ1) is 15.3. The molecule has 0 radical (unpaired) electrons. The van der Waals surface area contributed by atoms with E-state index in [1.54, 1.807) is 24.3 Å². The molecule has 7 nitrogen and oxygen atoms in total. The number of furan rings is 1. The zero-order valence-corrected chi connectivity index (χ0v) is 11.5. The van der Waals surface area contributed by atoms with E-state index in [2.05, 4.69) is 10.6 Å². The molecule has 3 N–H and O–H groups in total. The predicted octanol–water partition coefficient (Wildman–Crippen LogP) is 1.52. The number of carboxylic acid groups (broad SMARTS) is 1. The first-order valence-corrected chi connectivity index (χ1v) is 6.46. The Morgan fingerprint density at radius 3 is 2.68 bits per heavy atom. The summed E-state index contributed by atoms with van der Waals surface area (Å²) in [7, 11) is 0. The van der Waals surface area contributed by atoms with E-state index in [9.17, 15) is 14.4 Å². The zero-order chi connectivity index (χ0) is 15.9. The minimum Gasteiger partial charge on any atom is -0.480 e. The predicted molar refractivity (Wildman–Crippen MR) is 77.8 cm³/mol. The number of anilines is 1. The Morgan fingerprint density at radius 2 is 2.05 bits per heavy atom. The number of carbonyl (C=O) groups excluding carboxylic acids is 2. The second kappa shape index (κ2) is 7.07. The van der Waals surface area contributed by atoms with Gasteiger partial charge in [0.25, 0.3) is 5.91 Å². The van der Waals surface area contributed by atoms with Crippen LogP contribution in [0, 0.1) is 0 Å². The van der Waals surface area contributed by atoms with Crippen LogP contribution >= 0.6 is 0 Å². The maximum Gasteiger partial charge on any atom is 0.322 e. The molecule has 1 aromatic carbocycles. The van der Waals surface area contributed by atoms with Crippen LogP contribution in [0.15, 0.2) is 41.0 Å². The van der Waals surface area contributed by atoms with Gasteiger partial charge in [-0.25, -0.2) is 0 Å². The fourth-order valence-electron chi connectivity index (χ4n) is 1.89. The van der Waals surface area contributed by atoms with Crippen molar-refractivity contribution < 1.29 is 23.9 Å². The Morgan fingerprint density at radius 1 is 1.23 bits per heavy atom. The number of rotatable bonds is 7. The average molecular weight is 302 g/mol. The Kier molecular flexibility index (Phi) is 4.92. The number of carbonyl (C=O) groups is 3. The summed E-state index contributed by atoms with van der Waals surface area (Å²) in [5, 5.41) is 13.8. The zero-order valence-electron chi connectivity index (χ0n) is 11.5. The van der Waals surface area contributed by atoms with Crippen LogP contribution < -0.4 is 10.6 Å². The van der Waals surface area contributed by atoms with Crippen molar-refractivity contribution >= 4 is 23.9 Å². The van der Waals surface area contributed by atoms with Crippen LogP contribution in [0.3, 0.4) is 0 Å². The van der Waals surface area contributed by atoms with Gasteiger partial charge < -0.3 is 20.2 Å². The largest absolute Gasteiger partial charge is 0.480 e. The Labute approximate surface area is 125 Å². The molecule has 7 heteroatoms. The molecule has 2 aromatic rings. The van der Waals surface area contributed by atoms with E-state index in [4.69, 9.17) is 9.52 Å². The highest BCUT2D eigenvalue weighted by atomic mass is 16.4. The summed E-state index contributed by atoms with van der Waals surface area (Å²) in [4.78, 5) is 33.7. The molecular weight excluding hydrogens is 288 g/mol. The fraction of sp³-hybridized carbons (Fsp3) is 0.133. The van der Waals surface area contributed by atoms with Crippen LogP contribution in [0.1, 0.15) is 26.5 Å². The normalized spacial score (nSPS) is 10.0. The highest BCUT2D eigenvalue weighted by molar-refractivity contribution is 6.05. The molecule has 0 aliphatic heterocycles. The van der Waals surface area contributed by atoms with Crippen molar-refractivity contribution in [3.05, 3.63) is 53.5 Å². The SMILES string of the molecule is O=Cc1c(NCc2ccco2)cccc1C(=O)NCC(=O)O. The molecule has 0 aliphatic rings. The molecular formula is C15H14N2O5. The summed E-state index contributed by atoms with van der Waals surface area (Å²) in [5.41, 5.74) is 0.743. The molecule has 0 saturated carbocycles. The van der Waals surface area contributed by atoms with E-state index < -0.39 is 18.4 Å². The van der Waals surface area contributed by atoms with Crippen molar-refractivity contribution in [3.8, 4) is 0 Å². The molecule has 0 unspecified atom stereocenters. The monoisotopic (exact) mass is 302 g/mol. The second-order valence-corrected chi connectivity index (χ2v) is 4.39. The molecule has 114 valence electrons. The minimum absolute atomic E-state index is 0.112. The molecule has 0 saturated heterocycles. The molecule has 0 atom stereocenters. The van der Waals surface area contributed by atoms with Crippen molar-refractivity contribution in [3.63, 3.8) is 0 Å². The molecule has 2 rings (SSSR count). The van der Waals surface area contributed by atoms with Crippen molar-refractivity contribution in [2.24, 2.45) is 0 Å². The minimum atomic E-state index is -1.16. The van der Waals surface area contributed by atoms with Gasteiger partial charge in [0.05, 0.1) is 23.9 Å². The van der Waals surface area contributed by atoms with Gasteiger partial charge >= 0.3 is 5.97 Å². The molecule has 0 spiro atoms. The first-order chi connectivity index (χ1) is 10.6. The standard InChI is InChI=1S/C15H14N2O5/c18-9-12-11(15(21)17-8-14(19)20)4-1-5-13(12)16-7-10-3-2-6-22-10/h1-6,9,16H,7-8H2,(H,17,21)(H,19,20). The van der Waals surface area contributed by atoms with Gasteiger partial charge in [-0.2, -0.15) is 0 Å². The van der Waals surface area contributed by atoms with E-state index in [-0.39, 0.29) is 11.1 Å². The average Bonchev–Trinajstić information content (AvgIpc) is 3.03. The number of aldehydes is 1. The Bertz CT molecular complexity index is 679. The van der Waals surface area contributed by atoms with Crippen LogP contribution in [0.4, 0.5) is 5.69 Å². The van der Waals surface area contributed by atoms with Gasteiger partial charge in [0.15, 0.2) is 6.29 Å². The lowest BCUT2D eigenvalue weighted by atomic mass is 10.1. The third-order valence-corrected chi connectivity index (χ3v) is 2.90. The highest BCUT2D eigenvalue weighted by Gasteiger charge is 2.15. The summed E-state index contributed by atoms with van der Waals surface area (Å²) in [6.45, 7) is -0.158. The number of hydrogen-bond donors (Lipinski definition) is 3. The van der Waals surface area contributed by atoms with E-state index in [1.165, 1.54) is 12.3 Å². The number of aliphatic carboxylic acids is 1.